The zero-order valence-corrected chi connectivity index (χ0v) is 11.0. The standard InChI is InChI=1S/C13H17F3N2O2/c1-9(5-6-19)18-12(20)17-8-10-3-2-4-11(7-10)13(14,15)16/h2-4,7,9,19H,5-6,8H2,1H3,(H2,17,18,20)/t9-/m1/s1. The van der Waals surface area contributed by atoms with Gasteiger partial charge in [-0.2, -0.15) is 13.2 Å². The molecule has 112 valence electrons. The molecule has 7 heteroatoms. The van der Waals surface area contributed by atoms with Crippen LogP contribution in [0.5, 0.6) is 0 Å². The average molecular weight is 290 g/mol. The Morgan fingerprint density at radius 2 is 2.10 bits per heavy atom. The van der Waals surface area contributed by atoms with Gasteiger partial charge in [-0.25, -0.2) is 4.79 Å². The minimum absolute atomic E-state index is 0.00159. The summed E-state index contributed by atoms with van der Waals surface area (Å²) in [4.78, 5) is 11.5. The van der Waals surface area contributed by atoms with E-state index in [0.29, 0.717) is 12.0 Å². The van der Waals surface area contributed by atoms with Crippen molar-refractivity contribution in [2.24, 2.45) is 0 Å². The summed E-state index contributed by atoms with van der Waals surface area (Å²) in [7, 11) is 0. The van der Waals surface area contributed by atoms with Crippen molar-refractivity contribution in [1.29, 1.82) is 0 Å². The fraction of sp³-hybridized carbons (Fsp3) is 0.462. The highest BCUT2D eigenvalue weighted by molar-refractivity contribution is 5.74. The Hall–Kier alpha value is -1.76. The first-order chi connectivity index (χ1) is 9.32. The number of alkyl halides is 3. The van der Waals surface area contributed by atoms with E-state index in [2.05, 4.69) is 10.6 Å². The lowest BCUT2D eigenvalue weighted by Crippen LogP contribution is -2.40. The lowest BCUT2D eigenvalue weighted by atomic mass is 10.1. The zero-order valence-electron chi connectivity index (χ0n) is 11.0. The Labute approximate surface area is 115 Å². The molecule has 0 saturated carbocycles. The van der Waals surface area contributed by atoms with E-state index in [1.54, 1.807) is 6.92 Å². The molecule has 0 spiro atoms. The Morgan fingerprint density at radius 3 is 2.70 bits per heavy atom. The van der Waals surface area contributed by atoms with Crippen molar-refractivity contribution in [2.75, 3.05) is 6.61 Å². The van der Waals surface area contributed by atoms with Crippen molar-refractivity contribution in [3.63, 3.8) is 0 Å². The molecule has 1 aromatic carbocycles. The highest BCUT2D eigenvalue weighted by Crippen LogP contribution is 2.29. The summed E-state index contributed by atoms with van der Waals surface area (Å²) in [6, 6.07) is 4.09. The third-order valence-corrected chi connectivity index (χ3v) is 2.65. The van der Waals surface area contributed by atoms with E-state index in [1.165, 1.54) is 12.1 Å². The molecule has 0 unspecified atom stereocenters. The van der Waals surface area contributed by atoms with Gasteiger partial charge in [-0.1, -0.05) is 12.1 Å². The van der Waals surface area contributed by atoms with Crippen molar-refractivity contribution in [3.05, 3.63) is 35.4 Å². The van der Waals surface area contributed by atoms with Crippen molar-refractivity contribution >= 4 is 6.03 Å². The molecule has 0 aliphatic heterocycles. The normalized spacial score (nSPS) is 12.8. The molecule has 4 nitrogen and oxygen atoms in total. The van der Waals surface area contributed by atoms with Gasteiger partial charge in [-0.15, -0.1) is 0 Å². The van der Waals surface area contributed by atoms with E-state index in [0.717, 1.165) is 12.1 Å². The van der Waals surface area contributed by atoms with Gasteiger partial charge in [0.15, 0.2) is 0 Å². The fourth-order valence-electron chi connectivity index (χ4n) is 1.58. The minimum Gasteiger partial charge on any atom is -0.396 e. The van der Waals surface area contributed by atoms with E-state index >= 15 is 0 Å². The molecule has 0 bridgehead atoms. The van der Waals surface area contributed by atoms with E-state index < -0.39 is 17.8 Å². The molecule has 0 saturated heterocycles. The lowest BCUT2D eigenvalue weighted by Gasteiger charge is -2.14. The van der Waals surface area contributed by atoms with Crippen molar-refractivity contribution < 1.29 is 23.1 Å². The molecule has 0 radical (unpaired) electrons. The number of carbonyl (C=O) groups excluding carboxylic acids is 1. The van der Waals surface area contributed by atoms with E-state index in [-0.39, 0.29) is 19.2 Å². The minimum atomic E-state index is -4.39. The summed E-state index contributed by atoms with van der Waals surface area (Å²) >= 11 is 0. The van der Waals surface area contributed by atoms with Crippen LogP contribution in [0.3, 0.4) is 0 Å². The highest BCUT2D eigenvalue weighted by atomic mass is 19.4. The van der Waals surface area contributed by atoms with Crippen LogP contribution >= 0.6 is 0 Å². The maximum Gasteiger partial charge on any atom is 0.416 e. The van der Waals surface area contributed by atoms with Crippen LogP contribution in [0.4, 0.5) is 18.0 Å². The first-order valence-electron chi connectivity index (χ1n) is 6.14. The van der Waals surface area contributed by atoms with E-state index in [9.17, 15) is 18.0 Å². The van der Waals surface area contributed by atoms with Gasteiger partial charge in [0, 0.05) is 19.2 Å². The summed E-state index contributed by atoms with van der Waals surface area (Å²) in [5, 5.41) is 13.7. The number of amides is 2. The van der Waals surface area contributed by atoms with Crippen LogP contribution in [0.1, 0.15) is 24.5 Å². The number of hydrogen-bond donors (Lipinski definition) is 3. The Morgan fingerprint density at radius 1 is 1.40 bits per heavy atom. The van der Waals surface area contributed by atoms with Gasteiger partial charge in [0.05, 0.1) is 5.56 Å². The van der Waals surface area contributed by atoms with Crippen molar-refractivity contribution in [3.8, 4) is 0 Å². The first kappa shape index (κ1) is 16.3. The summed E-state index contributed by atoms with van der Waals surface area (Å²) in [6.45, 7) is 1.68. The maximum atomic E-state index is 12.5. The second-order valence-corrected chi connectivity index (χ2v) is 4.44. The highest BCUT2D eigenvalue weighted by Gasteiger charge is 2.30. The first-order valence-corrected chi connectivity index (χ1v) is 6.14. The van der Waals surface area contributed by atoms with E-state index in [1.807, 2.05) is 0 Å². The Bertz CT molecular complexity index is 449. The van der Waals surface area contributed by atoms with Crippen LogP contribution < -0.4 is 10.6 Å². The van der Waals surface area contributed by atoms with Gasteiger partial charge < -0.3 is 15.7 Å². The maximum absolute atomic E-state index is 12.5. The Kier molecular flexibility index (Phi) is 5.82. The summed E-state index contributed by atoms with van der Waals surface area (Å²) < 4.78 is 37.5. The van der Waals surface area contributed by atoms with Gasteiger partial charge in [0.1, 0.15) is 0 Å². The number of hydrogen-bond acceptors (Lipinski definition) is 2. The Balaban J connectivity index is 2.52. The quantitative estimate of drug-likeness (QED) is 0.779. The number of carbonyl (C=O) groups is 1. The molecule has 1 aromatic rings. The number of urea groups is 1. The van der Waals surface area contributed by atoms with Gasteiger partial charge >= 0.3 is 12.2 Å². The van der Waals surface area contributed by atoms with Gasteiger partial charge in [-0.05, 0) is 31.0 Å². The third kappa shape index (κ3) is 5.48. The fourth-order valence-corrected chi connectivity index (χ4v) is 1.58. The molecule has 3 N–H and O–H groups in total. The van der Waals surface area contributed by atoms with Crippen LogP contribution in [0.25, 0.3) is 0 Å². The average Bonchev–Trinajstić information content (AvgIpc) is 2.36. The summed E-state index contributed by atoms with van der Waals surface area (Å²) in [6.07, 6.45) is -3.98. The molecular weight excluding hydrogens is 273 g/mol. The van der Waals surface area contributed by atoms with Crippen molar-refractivity contribution in [2.45, 2.75) is 32.1 Å². The molecule has 0 aliphatic rings. The van der Waals surface area contributed by atoms with Gasteiger partial charge in [-0.3, -0.25) is 0 Å². The molecule has 0 aliphatic carbocycles. The predicted octanol–water partition coefficient (Wildman–Crippen LogP) is 2.28. The topological polar surface area (TPSA) is 61.4 Å². The van der Waals surface area contributed by atoms with Crippen LogP contribution in [-0.2, 0) is 12.7 Å². The lowest BCUT2D eigenvalue weighted by molar-refractivity contribution is -0.137. The van der Waals surface area contributed by atoms with Gasteiger partial charge in [0.2, 0.25) is 0 Å². The number of rotatable bonds is 5. The number of nitrogens with one attached hydrogen (secondary N) is 2. The van der Waals surface area contributed by atoms with Gasteiger partial charge in [0.25, 0.3) is 0 Å². The van der Waals surface area contributed by atoms with Crippen LogP contribution in [0, 0.1) is 0 Å². The van der Waals surface area contributed by atoms with Crippen LogP contribution in [0.2, 0.25) is 0 Å². The monoisotopic (exact) mass is 290 g/mol. The van der Waals surface area contributed by atoms with Crippen molar-refractivity contribution in [1.82, 2.24) is 10.6 Å². The molecule has 1 rings (SSSR count). The third-order valence-electron chi connectivity index (χ3n) is 2.65. The molecule has 2 amide bonds. The number of aliphatic hydroxyl groups excluding tert-OH is 1. The molecule has 0 heterocycles. The molecule has 0 fully saturated rings. The molecular formula is C13H17F3N2O2. The smallest absolute Gasteiger partial charge is 0.396 e. The largest absolute Gasteiger partial charge is 0.416 e. The number of halogens is 3. The number of benzene rings is 1. The predicted molar refractivity (Wildman–Crippen MR) is 68.0 cm³/mol. The summed E-state index contributed by atoms with van der Waals surface area (Å²) in [5.74, 6) is 0. The van der Waals surface area contributed by atoms with Crippen LogP contribution in [0.15, 0.2) is 24.3 Å². The molecule has 0 aromatic heterocycles. The molecule has 20 heavy (non-hydrogen) atoms. The summed E-state index contributed by atoms with van der Waals surface area (Å²) in [5.41, 5.74) is -0.379. The van der Waals surface area contributed by atoms with Crippen LogP contribution in [-0.4, -0.2) is 23.8 Å². The number of aliphatic hydroxyl groups is 1. The second kappa shape index (κ2) is 7.14. The molecule has 1 atom stereocenters. The SMILES string of the molecule is C[C@H](CCO)NC(=O)NCc1cccc(C(F)(F)F)c1. The zero-order chi connectivity index (χ0) is 15.2. The second-order valence-electron chi connectivity index (χ2n) is 4.44. The van der Waals surface area contributed by atoms with E-state index in [4.69, 9.17) is 5.11 Å².